The smallest absolute Gasteiger partial charge is 0.262 e. The van der Waals surface area contributed by atoms with Gasteiger partial charge in [-0.1, -0.05) is 37.6 Å². The molecule has 2 rings (SSSR count). The van der Waals surface area contributed by atoms with Crippen molar-refractivity contribution in [2.45, 2.75) is 19.8 Å². The average Bonchev–Trinajstić information content (AvgIpc) is 2.62. The fourth-order valence-corrected chi connectivity index (χ4v) is 2.09. The highest BCUT2D eigenvalue weighted by Gasteiger charge is 2.10. The van der Waals surface area contributed by atoms with Gasteiger partial charge in [0.15, 0.2) is 18.1 Å². The number of amides is 1. The molecule has 0 aromatic heterocycles. The molecule has 0 saturated carbocycles. The SMILES string of the molecule is CCCCOc1ccccc1NC(=O)COc1ccccc1OC. The summed E-state index contributed by atoms with van der Waals surface area (Å²) >= 11 is 0. The van der Waals surface area contributed by atoms with Gasteiger partial charge in [-0.3, -0.25) is 4.79 Å². The van der Waals surface area contributed by atoms with Crippen molar-refractivity contribution >= 4 is 11.6 Å². The maximum absolute atomic E-state index is 12.1. The van der Waals surface area contributed by atoms with Gasteiger partial charge >= 0.3 is 0 Å². The van der Waals surface area contributed by atoms with E-state index in [-0.39, 0.29) is 12.5 Å². The number of hydrogen-bond acceptors (Lipinski definition) is 4. The van der Waals surface area contributed by atoms with Gasteiger partial charge in [0.1, 0.15) is 5.75 Å². The summed E-state index contributed by atoms with van der Waals surface area (Å²) in [6.45, 7) is 2.62. The van der Waals surface area contributed by atoms with E-state index < -0.39 is 0 Å². The molecule has 5 nitrogen and oxygen atoms in total. The van der Waals surface area contributed by atoms with Crippen molar-refractivity contribution in [2.24, 2.45) is 0 Å². The van der Waals surface area contributed by atoms with E-state index in [0.29, 0.717) is 29.5 Å². The Balaban J connectivity index is 1.92. The molecular formula is C19H23NO4. The summed E-state index contributed by atoms with van der Waals surface area (Å²) in [6, 6.07) is 14.6. The molecule has 0 aliphatic heterocycles. The predicted molar refractivity (Wildman–Crippen MR) is 94.0 cm³/mol. The van der Waals surface area contributed by atoms with Gasteiger partial charge in [0.25, 0.3) is 5.91 Å². The minimum Gasteiger partial charge on any atom is -0.493 e. The second kappa shape index (κ2) is 9.45. The van der Waals surface area contributed by atoms with Crippen LogP contribution in [-0.4, -0.2) is 26.2 Å². The number of ether oxygens (including phenoxy) is 3. The highest BCUT2D eigenvalue weighted by atomic mass is 16.5. The molecule has 0 heterocycles. The molecule has 0 fully saturated rings. The second-order valence-electron chi connectivity index (χ2n) is 5.19. The maximum atomic E-state index is 12.1. The monoisotopic (exact) mass is 329 g/mol. The minimum atomic E-state index is -0.257. The average molecular weight is 329 g/mol. The quantitative estimate of drug-likeness (QED) is 0.709. The zero-order chi connectivity index (χ0) is 17.2. The standard InChI is InChI=1S/C19H23NO4/c1-3-4-13-23-16-10-6-5-9-15(16)20-19(21)14-24-18-12-8-7-11-17(18)22-2/h5-12H,3-4,13-14H2,1-2H3,(H,20,21). The maximum Gasteiger partial charge on any atom is 0.262 e. The van der Waals surface area contributed by atoms with Gasteiger partial charge < -0.3 is 19.5 Å². The molecule has 0 unspecified atom stereocenters. The van der Waals surface area contributed by atoms with E-state index in [1.165, 1.54) is 0 Å². The molecule has 24 heavy (non-hydrogen) atoms. The van der Waals surface area contributed by atoms with Crippen molar-refractivity contribution in [3.05, 3.63) is 48.5 Å². The molecule has 2 aromatic rings. The molecule has 0 atom stereocenters. The Morgan fingerprint density at radius 3 is 2.33 bits per heavy atom. The third-order valence-electron chi connectivity index (χ3n) is 3.34. The molecule has 0 spiro atoms. The lowest BCUT2D eigenvalue weighted by Crippen LogP contribution is -2.20. The van der Waals surface area contributed by atoms with Crippen LogP contribution in [0.4, 0.5) is 5.69 Å². The molecule has 1 amide bonds. The number of para-hydroxylation sites is 4. The van der Waals surface area contributed by atoms with Gasteiger partial charge in [-0.2, -0.15) is 0 Å². The first-order chi connectivity index (χ1) is 11.7. The molecule has 128 valence electrons. The molecule has 0 saturated heterocycles. The lowest BCUT2D eigenvalue weighted by atomic mass is 10.3. The predicted octanol–water partition coefficient (Wildman–Crippen LogP) is 3.89. The van der Waals surface area contributed by atoms with Crippen LogP contribution in [0.5, 0.6) is 17.2 Å². The summed E-state index contributed by atoms with van der Waals surface area (Å²) in [5.74, 6) is 1.53. The summed E-state index contributed by atoms with van der Waals surface area (Å²) in [7, 11) is 1.56. The van der Waals surface area contributed by atoms with Gasteiger partial charge in [0, 0.05) is 0 Å². The third kappa shape index (κ3) is 5.19. The Hall–Kier alpha value is -2.69. The van der Waals surface area contributed by atoms with Crippen LogP contribution in [0.3, 0.4) is 0 Å². The van der Waals surface area contributed by atoms with Gasteiger partial charge in [0.2, 0.25) is 0 Å². The van der Waals surface area contributed by atoms with Gasteiger partial charge in [0.05, 0.1) is 19.4 Å². The van der Waals surface area contributed by atoms with Crippen LogP contribution in [0, 0.1) is 0 Å². The molecule has 2 aromatic carbocycles. The van der Waals surface area contributed by atoms with Crippen LogP contribution in [0.2, 0.25) is 0 Å². The van der Waals surface area contributed by atoms with Crippen molar-refractivity contribution < 1.29 is 19.0 Å². The summed E-state index contributed by atoms with van der Waals surface area (Å²) in [5, 5.41) is 2.82. The first-order valence-corrected chi connectivity index (χ1v) is 8.02. The number of unbranched alkanes of at least 4 members (excludes halogenated alkanes) is 1. The number of anilines is 1. The van der Waals surface area contributed by atoms with Crippen molar-refractivity contribution in [3.63, 3.8) is 0 Å². The Bertz CT molecular complexity index is 657. The largest absolute Gasteiger partial charge is 0.493 e. The number of nitrogens with one attached hydrogen (secondary N) is 1. The highest BCUT2D eigenvalue weighted by molar-refractivity contribution is 5.93. The first kappa shape index (κ1) is 17.7. The van der Waals surface area contributed by atoms with Crippen molar-refractivity contribution in [1.82, 2.24) is 0 Å². The van der Waals surface area contributed by atoms with E-state index in [2.05, 4.69) is 12.2 Å². The normalized spacial score (nSPS) is 10.1. The van der Waals surface area contributed by atoms with Gasteiger partial charge in [-0.25, -0.2) is 0 Å². The lowest BCUT2D eigenvalue weighted by Gasteiger charge is -2.13. The van der Waals surface area contributed by atoms with Crippen molar-refractivity contribution in [1.29, 1.82) is 0 Å². The van der Waals surface area contributed by atoms with Crippen LogP contribution in [0.15, 0.2) is 48.5 Å². The first-order valence-electron chi connectivity index (χ1n) is 8.02. The van der Waals surface area contributed by atoms with E-state index in [1.807, 2.05) is 36.4 Å². The molecular weight excluding hydrogens is 306 g/mol. The van der Waals surface area contributed by atoms with Crippen molar-refractivity contribution in [3.8, 4) is 17.2 Å². The van der Waals surface area contributed by atoms with Gasteiger partial charge in [-0.15, -0.1) is 0 Å². The van der Waals surface area contributed by atoms with E-state index in [4.69, 9.17) is 14.2 Å². The van der Waals surface area contributed by atoms with Crippen LogP contribution in [0.25, 0.3) is 0 Å². The van der Waals surface area contributed by atoms with E-state index in [0.717, 1.165) is 12.8 Å². The molecule has 0 aliphatic carbocycles. The minimum absolute atomic E-state index is 0.107. The number of hydrogen-bond donors (Lipinski definition) is 1. The lowest BCUT2D eigenvalue weighted by molar-refractivity contribution is -0.118. The Labute approximate surface area is 142 Å². The van der Waals surface area contributed by atoms with Gasteiger partial charge in [-0.05, 0) is 30.7 Å². The fourth-order valence-electron chi connectivity index (χ4n) is 2.09. The zero-order valence-corrected chi connectivity index (χ0v) is 14.1. The number of carbonyl (C=O) groups is 1. The van der Waals surface area contributed by atoms with E-state index in [9.17, 15) is 4.79 Å². The number of benzene rings is 2. The molecule has 0 aliphatic rings. The second-order valence-corrected chi connectivity index (χ2v) is 5.19. The Morgan fingerprint density at radius 1 is 0.958 bits per heavy atom. The topological polar surface area (TPSA) is 56.8 Å². The van der Waals surface area contributed by atoms with E-state index >= 15 is 0 Å². The molecule has 5 heteroatoms. The van der Waals surface area contributed by atoms with Crippen LogP contribution >= 0.6 is 0 Å². The fraction of sp³-hybridized carbons (Fsp3) is 0.316. The summed E-state index contributed by atoms with van der Waals surface area (Å²) in [6.07, 6.45) is 2.03. The zero-order valence-electron chi connectivity index (χ0n) is 14.1. The van der Waals surface area contributed by atoms with Crippen LogP contribution < -0.4 is 19.5 Å². The number of carbonyl (C=O) groups excluding carboxylic acids is 1. The summed E-state index contributed by atoms with van der Waals surface area (Å²) in [5.41, 5.74) is 0.641. The van der Waals surface area contributed by atoms with Crippen LogP contribution in [0.1, 0.15) is 19.8 Å². The summed E-state index contributed by atoms with van der Waals surface area (Å²) in [4.78, 5) is 12.1. The Morgan fingerprint density at radius 2 is 1.62 bits per heavy atom. The third-order valence-corrected chi connectivity index (χ3v) is 3.34. The van der Waals surface area contributed by atoms with Crippen molar-refractivity contribution in [2.75, 3.05) is 25.6 Å². The molecule has 0 radical (unpaired) electrons. The number of rotatable bonds is 9. The summed E-state index contributed by atoms with van der Waals surface area (Å²) < 4.78 is 16.4. The number of methoxy groups -OCH3 is 1. The van der Waals surface area contributed by atoms with Crippen LogP contribution in [-0.2, 0) is 4.79 Å². The highest BCUT2D eigenvalue weighted by Crippen LogP contribution is 2.26. The molecule has 0 bridgehead atoms. The Kier molecular flexibility index (Phi) is 6.95. The van der Waals surface area contributed by atoms with E-state index in [1.54, 1.807) is 19.2 Å². The molecule has 1 N–H and O–H groups in total.